The van der Waals surface area contributed by atoms with Gasteiger partial charge < -0.3 is 20.3 Å². The Hall–Kier alpha value is -3.88. The highest BCUT2D eigenvalue weighted by Crippen LogP contribution is 2.28. The first-order chi connectivity index (χ1) is 15.5. The summed E-state index contributed by atoms with van der Waals surface area (Å²) in [6.45, 7) is 4.66. The number of hydrogen-bond acceptors (Lipinski definition) is 7. The second kappa shape index (κ2) is 7.99. The van der Waals surface area contributed by atoms with Gasteiger partial charge in [-0.3, -0.25) is 9.20 Å². The molecule has 2 N–H and O–H groups in total. The minimum absolute atomic E-state index is 0.127. The smallest absolute Gasteiger partial charge is 0.219 e. The van der Waals surface area contributed by atoms with Gasteiger partial charge in [-0.25, -0.2) is 15.0 Å². The lowest BCUT2D eigenvalue weighted by molar-refractivity contribution is -0.129. The second-order valence-corrected chi connectivity index (χ2v) is 7.95. The maximum Gasteiger partial charge on any atom is 0.219 e. The van der Waals surface area contributed by atoms with Crippen LogP contribution in [0, 0.1) is 0 Å². The molecule has 9 heteroatoms. The Labute approximate surface area is 185 Å². The highest BCUT2D eigenvalue weighted by molar-refractivity contribution is 5.96. The molecular formula is C23H25N7O2. The number of piperazine rings is 1. The molecule has 0 bridgehead atoms. The maximum atomic E-state index is 11.5. The van der Waals surface area contributed by atoms with Gasteiger partial charge in [0, 0.05) is 57.3 Å². The molecule has 32 heavy (non-hydrogen) atoms. The summed E-state index contributed by atoms with van der Waals surface area (Å²) in [4.78, 5) is 29.6. The molecule has 0 radical (unpaired) electrons. The molecule has 0 aliphatic carbocycles. The predicted molar refractivity (Wildman–Crippen MR) is 123 cm³/mol. The van der Waals surface area contributed by atoms with Gasteiger partial charge >= 0.3 is 0 Å². The van der Waals surface area contributed by atoms with Crippen LogP contribution in [-0.2, 0) is 11.2 Å². The first-order valence-corrected chi connectivity index (χ1v) is 10.6. The molecule has 0 spiro atoms. The summed E-state index contributed by atoms with van der Waals surface area (Å²) in [5.41, 5.74) is 9.61. The average Bonchev–Trinajstić information content (AvgIpc) is 3.24. The monoisotopic (exact) mass is 431 g/mol. The van der Waals surface area contributed by atoms with Crippen LogP contribution in [0.5, 0.6) is 5.75 Å². The molecule has 4 heterocycles. The fourth-order valence-electron chi connectivity index (χ4n) is 4.20. The SMILES string of the molecule is COc1cccc2c1nc(N)n1cc(Cc3ccc(N4CCN(C(C)=O)CC4)nc3)nc21. The fraction of sp³-hybridized carbons (Fsp3) is 0.304. The number of ether oxygens (including phenoxy) is 1. The number of rotatable bonds is 4. The highest BCUT2D eigenvalue weighted by Gasteiger charge is 2.19. The average molecular weight is 432 g/mol. The van der Waals surface area contributed by atoms with Crippen LogP contribution < -0.4 is 15.4 Å². The molecule has 164 valence electrons. The topological polar surface area (TPSA) is 102 Å². The van der Waals surface area contributed by atoms with Crippen molar-refractivity contribution in [1.29, 1.82) is 0 Å². The highest BCUT2D eigenvalue weighted by atomic mass is 16.5. The Morgan fingerprint density at radius 1 is 1.12 bits per heavy atom. The van der Waals surface area contributed by atoms with E-state index in [1.54, 1.807) is 14.0 Å². The Kier molecular flexibility index (Phi) is 5.01. The number of hydrogen-bond donors (Lipinski definition) is 1. The number of aromatic nitrogens is 4. The number of nitrogens with two attached hydrogens (primary N) is 1. The lowest BCUT2D eigenvalue weighted by Crippen LogP contribution is -2.48. The van der Waals surface area contributed by atoms with Crippen LogP contribution in [0.2, 0.25) is 0 Å². The number of pyridine rings is 1. The Morgan fingerprint density at radius 3 is 2.62 bits per heavy atom. The lowest BCUT2D eigenvalue weighted by Gasteiger charge is -2.34. The molecule has 4 aromatic rings. The minimum atomic E-state index is 0.127. The van der Waals surface area contributed by atoms with Crippen molar-refractivity contribution in [3.05, 3.63) is 54.0 Å². The predicted octanol–water partition coefficient (Wildman–Crippen LogP) is 2.13. The van der Waals surface area contributed by atoms with E-state index in [4.69, 9.17) is 15.5 Å². The van der Waals surface area contributed by atoms with Crippen molar-refractivity contribution in [2.24, 2.45) is 0 Å². The summed E-state index contributed by atoms with van der Waals surface area (Å²) in [6.07, 6.45) is 4.45. The van der Waals surface area contributed by atoms with E-state index in [-0.39, 0.29) is 5.91 Å². The molecule has 5 rings (SSSR count). The standard InChI is InChI=1S/C23H25N7O2/c1-15(31)28-8-10-29(11-9-28)20-7-6-16(13-25-20)12-17-14-30-22(26-17)18-4-3-5-19(32-2)21(18)27-23(30)24/h3-7,13-14H,8-12H2,1-2H3,(H2,24,27). The molecule has 3 aromatic heterocycles. The van der Waals surface area contributed by atoms with Crippen LogP contribution >= 0.6 is 0 Å². The summed E-state index contributed by atoms with van der Waals surface area (Å²) >= 11 is 0. The van der Waals surface area contributed by atoms with Crippen molar-refractivity contribution in [3.8, 4) is 5.75 Å². The van der Waals surface area contributed by atoms with E-state index >= 15 is 0 Å². The first kappa shape index (κ1) is 20.0. The number of carbonyl (C=O) groups is 1. The van der Waals surface area contributed by atoms with Gasteiger partial charge in [-0.05, 0) is 23.8 Å². The van der Waals surface area contributed by atoms with E-state index in [9.17, 15) is 4.79 Å². The number of para-hydroxylation sites is 1. The van der Waals surface area contributed by atoms with Gasteiger partial charge in [-0.2, -0.15) is 0 Å². The fourth-order valence-corrected chi connectivity index (χ4v) is 4.20. The largest absolute Gasteiger partial charge is 0.494 e. The van der Waals surface area contributed by atoms with Crippen molar-refractivity contribution in [2.45, 2.75) is 13.3 Å². The molecule has 1 aliphatic rings. The summed E-state index contributed by atoms with van der Waals surface area (Å²) in [5.74, 6) is 2.10. The Bertz CT molecular complexity index is 1290. The number of fused-ring (bicyclic) bond motifs is 3. The molecule has 0 atom stereocenters. The van der Waals surface area contributed by atoms with Crippen LogP contribution in [0.15, 0.2) is 42.7 Å². The summed E-state index contributed by atoms with van der Waals surface area (Å²) in [7, 11) is 1.62. The number of carbonyl (C=O) groups excluding carboxylic acids is 1. The van der Waals surface area contributed by atoms with Crippen molar-refractivity contribution in [2.75, 3.05) is 43.9 Å². The normalized spacial score (nSPS) is 14.3. The third-order valence-electron chi connectivity index (χ3n) is 5.93. The minimum Gasteiger partial charge on any atom is -0.494 e. The molecule has 0 saturated carbocycles. The number of imidazole rings is 1. The van der Waals surface area contributed by atoms with Gasteiger partial charge in [0.05, 0.1) is 12.8 Å². The van der Waals surface area contributed by atoms with E-state index in [0.29, 0.717) is 23.6 Å². The van der Waals surface area contributed by atoms with E-state index in [0.717, 1.165) is 54.3 Å². The van der Waals surface area contributed by atoms with Gasteiger partial charge in [-0.1, -0.05) is 12.1 Å². The van der Waals surface area contributed by atoms with Gasteiger partial charge in [0.2, 0.25) is 11.9 Å². The number of benzene rings is 1. The van der Waals surface area contributed by atoms with Crippen LogP contribution in [0.1, 0.15) is 18.2 Å². The number of nitrogens with zero attached hydrogens (tertiary/aromatic N) is 6. The quantitative estimate of drug-likeness (QED) is 0.528. The second-order valence-electron chi connectivity index (χ2n) is 7.95. The van der Waals surface area contributed by atoms with E-state index < -0.39 is 0 Å². The van der Waals surface area contributed by atoms with Crippen molar-refractivity contribution in [3.63, 3.8) is 0 Å². The summed E-state index contributed by atoms with van der Waals surface area (Å²) < 4.78 is 7.24. The number of amides is 1. The van der Waals surface area contributed by atoms with Gasteiger partial charge in [0.1, 0.15) is 22.7 Å². The third-order valence-corrected chi connectivity index (χ3v) is 5.93. The zero-order valence-electron chi connectivity index (χ0n) is 18.2. The molecule has 1 aliphatic heterocycles. The van der Waals surface area contributed by atoms with Crippen LogP contribution in [0.4, 0.5) is 11.8 Å². The number of methoxy groups -OCH3 is 1. The third kappa shape index (κ3) is 3.55. The van der Waals surface area contributed by atoms with Gasteiger partial charge in [0.15, 0.2) is 0 Å². The lowest BCUT2D eigenvalue weighted by atomic mass is 10.1. The Morgan fingerprint density at radius 2 is 1.94 bits per heavy atom. The zero-order chi connectivity index (χ0) is 22.2. The van der Waals surface area contributed by atoms with Crippen molar-refractivity contribution in [1.82, 2.24) is 24.3 Å². The molecule has 1 amide bonds. The summed E-state index contributed by atoms with van der Waals surface area (Å²) in [5, 5.41) is 0.892. The van der Waals surface area contributed by atoms with Crippen LogP contribution in [-0.4, -0.2) is 63.4 Å². The summed E-state index contributed by atoms with van der Waals surface area (Å²) in [6, 6.07) is 9.87. The van der Waals surface area contributed by atoms with Crippen molar-refractivity contribution >= 4 is 34.2 Å². The van der Waals surface area contributed by atoms with Crippen molar-refractivity contribution < 1.29 is 9.53 Å². The number of nitrogen functional groups attached to an aromatic ring is 1. The molecule has 1 aromatic carbocycles. The van der Waals surface area contributed by atoms with E-state index in [1.165, 1.54) is 0 Å². The molecule has 1 fully saturated rings. The Balaban J connectivity index is 1.37. The molecule has 9 nitrogen and oxygen atoms in total. The van der Waals surface area contributed by atoms with Crippen LogP contribution in [0.3, 0.4) is 0 Å². The van der Waals surface area contributed by atoms with E-state index in [2.05, 4.69) is 20.9 Å². The number of anilines is 2. The molecule has 0 unspecified atom stereocenters. The van der Waals surface area contributed by atoms with E-state index in [1.807, 2.05) is 46.0 Å². The molecule has 1 saturated heterocycles. The van der Waals surface area contributed by atoms with Gasteiger partial charge in [0.25, 0.3) is 0 Å². The maximum absolute atomic E-state index is 11.5. The van der Waals surface area contributed by atoms with Crippen LogP contribution in [0.25, 0.3) is 16.6 Å². The zero-order valence-corrected chi connectivity index (χ0v) is 18.2. The first-order valence-electron chi connectivity index (χ1n) is 10.6. The van der Waals surface area contributed by atoms with Gasteiger partial charge in [-0.15, -0.1) is 0 Å². The molecular weight excluding hydrogens is 406 g/mol.